The third kappa shape index (κ3) is 4.37. The maximum absolute atomic E-state index is 12.1. The van der Waals surface area contributed by atoms with Crippen LogP contribution in [-0.4, -0.2) is 34.3 Å². The van der Waals surface area contributed by atoms with Crippen LogP contribution in [0.1, 0.15) is 10.9 Å². The summed E-state index contributed by atoms with van der Waals surface area (Å²) in [6.07, 6.45) is 0. The lowest BCUT2D eigenvalue weighted by atomic mass is 10.2. The third-order valence-corrected chi connectivity index (χ3v) is 4.92. The Morgan fingerprint density at radius 2 is 2.08 bits per heavy atom. The van der Waals surface area contributed by atoms with Crippen LogP contribution >= 0.6 is 23.4 Å². The van der Waals surface area contributed by atoms with Crippen LogP contribution in [0.15, 0.2) is 48.5 Å². The Bertz CT molecular complexity index is 784. The number of carbonyl (C=O) groups excluding carboxylic acids is 2. The first-order valence-electron chi connectivity index (χ1n) is 7.43. The number of carbonyl (C=O) groups is 2. The van der Waals surface area contributed by atoms with Crippen molar-refractivity contribution in [2.24, 2.45) is 0 Å². The number of halogens is 1. The first-order chi connectivity index (χ1) is 12.0. The van der Waals surface area contributed by atoms with Crippen molar-refractivity contribution in [2.45, 2.75) is 5.37 Å². The van der Waals surface area contributed by atoms with Crippen LogP contribution in [0.3, 0.4) is 0 Å². The number of nitrogens with one attached hydrogen (secondary N) is 1. The third-order valence-electron chi connectivity index (χ3n) is 3.45. The van der Waals surface area contributed by atoms with Gasteiger partial charge in [0.25, 0.3) is 11.8 Å². The number of rotatable bonds is 5. The fraction of sp³-hybridized carbons (Fsp3) is 0.176. The highest BCUT2D eigenvalue weighted by molar-refractivity contribution is 8.00. The molecule has 130 valence electrons. The lowest BCUT2D eigenvalue weighted by molar-refractivity contribution is -0.140. The van der Waals surface area contributed by atoms with Crippen LogP contribution < -0.4 is 10.2 Å². The molecule has 0 radical (unpaired) electrons. The summed E-state index contributed by atoms with van der Waals surface area (Å²) < 4.78 is 5.37. The number of nitrogens with zero attached hydrogens (tertiary/aromatic N) is 1. The number of thioether (sulfide) groups is 1. The number of hydrogen-bond donors (Lipinski definition) is 2. The minimum Gasteiger partial charge on any atom is -0.508 e. The maximum atomic E-state index is 12.1. The smallest absolute Gasteiger partial charge is 0.276 e. The van der Waals surface area contributed by atoms with E-state index in [4.69, 9.17) is 16.3 Å². The zero-order chi connectivity index (χ0) is 17.8. The van der Waals surface area contributed by atoms with E-state index in [0.717, 1.165) is 5.56 Å². The van der Waals surface area contributed by atoms with Crippen molar-refractivity contribution < 1.29 is 19.4 Å². The molecule has 0 saturated carbocycles. The first-order valence-corrected chi connectivity index (χ1v) is 8.86. The zero-order valence-electron chi connectivity index (χ0n) is 13.0. The largest absolute Gasteiger partial charge is 0.508 e. The fourth-order valence-corrected chi connectivity index (χ4v) is 3.54. The molecular formula is C17H15ClN2O4S. The number of benzene rings is 2. The summed E-state index contributed by atoms with van der Waals surface area (Å²) in [5.74, 6) is 0.202. The van der Waals surface area contributed by atoms with Crippen molar-refractivity contribution in [1.29, 1.82) is 0 Å². The van der Waals surface area contributed by atoms with Gasteiger partial charge in [-0.05, 0) is 42.0 Å². The van der Waals surface area contributed by atoms with Crippen LogP contribution in [0, 0.1) is 0 Å². The molecule has 1 saturated heterocycles. The van der Waals surface area contributed by atoms with Gasteiger partial charge in [-0.3, -0.25) is 15.0 Å². The van der Waals surface area contributed by atoms with Crippen molar-refractivity contribution in [1.82, 2.24) is 10.4 Å². The fourth-order valence-electron chi connectivity index (χ4n) is 2.32. The molecule has 2 amide bonds. The van der Waals surface area contributed by atoms with Gasteiger partial charge in [0, 0.05) is 5.02 Å². The number of hydrogen-bond acceptors (Lipinski definition) is 5. The molecule has 8 heteroatoms. The average molecular weight is 379 g/mol. The van der Waals surface area contributed by atoms with E-state index in [1.165, 1.54) is 16.8 Å². The molecule has 0 aliphatic carbocycles. The van der Waals surface area contributed by atoms with Crippen LogP contribution in [0.4, 0.5) is 0 Å². The monoisotopic (exact) mass is 378 g/mol. The van der Waals surface area contributed by atoms with E-state index in [1.54, 1.807) is 48.5 Å². The molecule has 1 atom stereocenters. The summed E-state index contributed by atoms with van der Waals surface area (Å²) in [5.41, 5.74) is 3.30. The highest BCUT2D eigenvalue weighted by atomic mass is 35.5. The van der Waals surface area contributed by atoms with Gasteiger partial charge in [-0.2, -0.15) is 0 Å². The van der Waals surface area contributed by atoms with Crippen molar-refractivity contribution >= 4 is 35.2 Å². The van der Waals surface area contributed by atoms with Crippen molar-refractivity contribution in [3.63, 3.8) is 0 Å². The molecule has 1 heterocycles. The molecule has 0 spiro atoms. The summed E-state index contributed by atoms with van der Waals surface area (Å²) in [5, 5.41) is 11.1. The second-order valence-corrected chi connectivity index (χ2v) is 6.80. The Morgan fingerprint density at radius 1 is 1.32 bits per heavy atom. The number of amides is 2. The zero-order valence-corrected chi connectivity index (χ0v) is 14.6. The van der Waals surface area contributed by atoms with Crippen LogP contribution in [0.2, 0.25) is 5.02 Å². The summed E-state index contributed by atoms with van der Waals surface area (Å²) in [6.45, 7) is -0.233. The Balaban J connectivity index is 1.62. The average Bonchev–Trinajstić information content (AvgIpc) is 2.95. The number of ether oxygens (including phenoxy) is 1. The van der Waals surface area contributed by atoms with Crippen LogP contribution in [0.5, 0.6) is 11.5 Å². The molecule has 0 aromatic heterocycles. The first kappa shape index (κ1) is 17.4. The summed E-state index contributed by atoms with van der Waals surface area (Å²) in [7, 11) is 0. The van der Waals surface area contributed by atoms with E-state index < -0.39 is 5.91 Å². The summed E-state index contributed by atoms with van der Waals surface area (Å²) in [6, 6.07) is 13.2. The highest BCUT2D eigenvalue weighted by Gasteiger charge is 2.34. The van der Waals surface area contributed by atoms with Gasteiger partial charge >= 0.3 is 0 Å². The van der Waals surface area contributed by atoms with Crippen molar-refractivity contribution in [2.75, 3.05) is 12.4 Å². The Labute approximate surface area is 153 Å². The van der Waals surface area contributed by atoms with Crippen LogP contribution in [0.25, 0.3) is 0 Å². The topological polar surface area (TPSA) is 78.9 Å². The molecule has 2 aromatic carbocycles. The van der Waals surface area contributed by atoms with Gasteiger partial charge in [0.05, 0.1) is 5.75 Å². The molecule has 3 rings (SSSR count). The van der Waals surface area contributed by atoms with Gasteiger partial charge in [-0.25, -0.2) is 5.01 Å². The molecule has 25 heavy (non-hydrogen) atoms. The molecule has 1 aliphatic rings. The second kappa shape index (κ2) is 7.67. The van der Waals surface area contributed by atoms with Crippen LogP contribution in [-0.2, 0) is 9.59 Å². The molecule has 1 aliphatic heterocycles. The van der Waals surface area contributed by atoms with Gasteiger partial charge in [-0.15, -0.1) is 11.8 Å². The van der Waals surface area contributed by atoms with Gasteiger partial charge in [0.1, 0.15) is 16.9 Å². The molecule has 0 bridgehead atoms. The SMILES string of the molecule is O=C(COc1ccc(Cl)cc1)NN1C(=O)CSC1c1cccc(O)c1. The second-order valence-electron chi connectivity index (χ2n) is 5.30. The molecule has 2 aromatic rings. The minimum atomic E-state index is -0.448. The van der Waals surface area contributed by atoms with E-state index in [-0.39, 0.29) is 29.4 Å². The van der Waals surface area contributed by atoms with Crippen molar-refractivity contribution in [3.8, 4) is 11.5 Å². The standard InChI is InChI=1S/C17H15ClN2O4S/c18-12-4-6-14(7-5-12)24-9-15(22)19-20-16(23)10-25-17(20)11-2-1-3-13(21)8-11/h1-8,17,21H,9-10H2,(H,19,22). The predicted octanol–water partition coefficient (Wildman–Crippen LogP) is 2.73. The summed E-state index contributed by atoms with van der Waals surface area (Å²) >= 11 is 7.16. The van der Waals surface area contributed by atoms with E-state index in [0.29, 0.717) is 10.8 Å². The molecule has 1 fully saturated rings. The molecular weight excluding hydrogens is 364 g/mol. The predicted molar refractivity (Wildman–Crippen MR) is 95.2 cm³/mol. The van der Waals surface area contributed by atoms with Gasteiger partial charge in [-0.1, -0.05) is 23.7 Å². The van der Waals surface area contributed by atoms with Gasteiger partial charge in [0.2, 0.25) is 0 Å². The Hall–Kier alpha value is -2.38. The maximum Gasteiger partial charge on any atom is 0.276 e. The Kier molecular flexibility index (Phi) is 5.35. The normalized spacial score (nSPS) is 16.8. The lowest BCUT2D eigenvalue weighted by Gasteiger charge is -2.24. The number of aromatic hydroxyl groups is 1. The van der Waals surface area contributed by atoms with Gasteiger partial charge < -0.3 is 9.84 Å². The molecule has 6 nitrogen and oxygen atoms in total. The lowest BCUT2D eigenvalue weighted by Crippen LogP contribution is -2.46. The number of phenolic OH excluding ortho intramolecular Hbond substituents is 1. The quantitative estimate of drug-likeness (QED) is 0.836. The van der Waals surface area contributed by atoms with E-state index in [1.807, 2.05) is 0 Å². The highest BCUT2D eigenvalue weighted by Crippen LogP contribution is 2.38. The Morgan fingerprint density at radius 3 is 2.80 bits per heavy atom. The van der Waals surface area contributed by atoms with E-state index >= 15 is 0 Å². The van der Waals surface area contributed by atoms with E-state index in [2.05, 4.69) is 5.43 Å². The van der Waals surface area contributed by atoms with Gasteiger partial charge in [0.15, 0.2) is 6.61 Å². The van der Waals surface area contributed by atoms with E-state index in [9.17, 15) is 14.7 Å². The number of hydrazine groups is 1. The van der Waals surface area contributed by atoms with Crippen molar-refractivity contribution in [3.05, 3.63) is 59.1 Å². The summed E-state index contributed by atoms with van der Waals surface area (Å²) in [4.78, 5) is 24.2. The molecule has 1 unspecified atom stereocenters. The molecule has 2 N–H and O–H groups in total. The number of phenols is 1. The minimum absolute atomic E-state index is 0.106.